The molecule has 4 atom stereocenters. The summed E-state index contributed by atoms with van der Waals surface area (Å²) in [7, 11) is 0. The summed E-state index contributed by atoms with van der Waals surface area (Å²) >= 11 is 0. The second-order valence-electron chi connectivity index (χ2n) is 4.41. The van der Waals surface area contributed by atoms with E-state index in [-0.39, 0.29) is 17.8 Å². The lowest BCUT2D eigenvalue weighted by Gasteiger charge is -2.38. The predicted octanol–water partition coefficient (Wildman–Crippen LogP) is 0.849. The van der Waals surface area contributed by atoms with Crippen molar-refractivity contribution in [2.24, 2.45) is 11.8 Å². The Morgan fingerprint density at radius 1 is 1.60 bits per heavy atom. The van der Waals surface area contributed by atoms with Gasteiger partial charge in [0, 0.05) is 12.8 Å². The van der Waals surface area contributed by atoms with E-state index in [2.05, 4.69) is 6.08 Å². The Hall–Kier alpha value is -0.870. The third kappa shape index (κ3) is 1.68. The van der Waals surface area contributed by atoms with Crippen molar-refractivity contribution in [2.45, 2.75) is 32.2 Å². The molecule has 1 saturated heterocycles. The maximum atomic E-state index is 11.1. The molecule has 0 aromatic rings. The van der Waals surface area contributed by atoms with Gasteiger partial charge in [0.25, 0.3) is 0 Å². The van der Waals surface area contributed by atoms with Crippen LogP contribution in [-0.2, 0) is 14.3 Å². The van der Waals surface area contributed by atoms with Gasteiger partial charge in [-0.3, -0.25) is 4.79 Å². The summed E-state index contributed by atoms with van der Waals surface area (Å²) in [6.07, 6.45) is 3.68. The Balaban J connectivity index is 2.29. The largest absolute Gasteiger partial charge is 0.453 e. The van der Waals surface area contributed by atoms with Crippen LogP contribution in [-0.4, -0.2) is 29.6 Å². The van der Waals surface area contributed by atoms with E-state index in [0.29, 0.717) is 13.0 Å². The number of aliphatic hydroxyl groups excluding tert-OH is 1. The van der Waals surface area contributed by atoms with Crippen LogP contribution in [0.5, 0.6) is 0 Å². The van der Waals surface area contributed by atoms with E-state index in [1.165, 1.54) is 6.92 Å². The quantitative estimate of drug-likeness (QED) is 0.517. The summed E-state index contributed by atoms with van der Waals surface area (Å²) in [5.41, 5.74) is -0.861. The van der Waals surface area contributed by atoms with Crippen molar-refractivity contribution in [3.63, 3.8) is 0 Å². The Kier molecular flexibility index (Phi) is 2.56. The lowest BCUT2D eigenvalue weighted by atomic mass is 9.77. The Labute approximate surface area is 88.9 Å². The molecule has 2 aliphatic rings. The molecule has 0 aromatic heterocycles. The van der Waals surface area contributed by atoms with Crippen LogP contribution in [0.25, 0.3) is 0 Å². The molecule has 0 amide bonds. The second-order valence-corrected chi connectivity index (χ2v) is 4.41. The third-order valence-corrected chi connectivity index (χ3v) is 3.13. The number of hydrogen-bond donors (Lipinski definition) is 1. The molecule has 4 heteroatoms. The van der Waals surface area contributed by atoms with Crippen LogP contribution in [0.2, 0.25) is 0 Å². The van der Waals surface area contributed by atoms with Gasteiger partial charge in [-0.15, -0.1) is 0 Å². The summed E-state index contributed by atoms with van der Waals surface area (Å²) in [4.78, 5) is 11.1. The van der Waals surface area contributed by atoms with E-state index < -0.39 is 11.9 Å². The third-order valence-electron chi connectivity index (χ3n) is 3.13. The fourth-order valence-electron chi connectivity index (χ4n) is 2.46. The van der Waals surface area contributed by atoms with Gasteiger partial charge in [-0.25, -0.2) is 0 Å². The number of esters is 1. The first-order valence-electron chi connectivity index (χ1n) is 5.22. The molecule has 1 N–H and O–H groups in total. The summed E-state index contributed by atoms with van der Waals surface area (Å²) < 4.78 is 10.5. The smallest absolute Gasteiger partial charge is 0.303 e. The Bertz CT molecular complexity index is 299. The van der Waals surface area contributed by atoms with E-state index in [1.807, 2.05) is 13.0 Å². The first kappa shape index (κ1) is 10.6. The van der Waals surface area contributed by atoms with Gasteiger partial charge in [-0.2, -0.15) is 0 Å². The minimum atomic E-state index is -1.00. The minimum absolute atomic E-state index is 0.0207. The molecule has 4 nitrogen and oxygen atoms in total. The van der Waals surface area contributed by atoms with Crippen molar-refractivity contribution in [2.75, 3.05) is 6.61 Å². The highest BCUT2D eigenvalue weighted by atomic mass is 16.7. The van der Waals surface area contributed by atoms with Gasteiger partial charge >= 0.3 is 5.97 Å². The highest BCUT2D eigenvalue weighted by Gasteiger charge is 2.54. The van der Waals surface area contributed by atoms with Crippen LogP contribution in [0, 0.1) is 11.8 Å². The molecule has 1 aliphatic carbocycles. The molecule has 1 heterocycles. The molecular weight excluding hydrogens is 196 g/mol. The van der Waals surface area contributed by atoms with Crippen molar-refractivity contribution in [3.8, 4) is 0 Å². The Morgan fingerprint density at radius 2 is 2.33 bits per heavy atom. The zero-order valence-electron chi connectivity index (χ0n) is 8.97. The molecule has 0 saturated carbocycles. The van der Waals surface area contributed by atoms with Gasteiger partial charge in [-0.05, 0) is 12.3 Å². The highest BCUT2D eigenvalue weighted by Crippen LogP contribution is 2.43. The first-order valence-corrected chi connectivity index (χ1v) is 5.22. The number of hydrogen-bond acceptors (Lipinski definition) is 4. The van der Waals surface area contributed by atoms with Gasteiger partial charge in [0.2, 0.25) is 0 Å². The van der Waals surface area contributed by atoms with Crippen molar-refractivity contribution in [1.29, 1.82) is 0 Å². The van der Waals surface area contributed by atoms with E-state index in [1.54, 1.807) is 0 Å². The Morgan fingerprint density at radius 3 is 3.00 bits per heavy atom. The average molecular weight is 212 g/mol. The maximum absolute atomic E-state index is 11.1. The summed E-state index contributed by atoms with van der Waals surface area (Å²) in [6, 6.07) is 0. The average Bonchev–Trinajstić information content (AvgIpc) is 2.42. The number of ether oxygens (including phenoxy) is 2. The van der Waals surface area contributed by atoms with Gasteiger partial charge < -0.3 is 14.6 Å². The lowest BCUT2D eigenvalue weighted by molar-refractivity contribution is -0.201. The van der Waals surface area contributed by atoms with Crippen molar-refractivity contribution in [1.82, 2.24) is 0 Å². The highest BCUT2D eigenvalue weighted by molar-refractivity contribution is 5.66. The van der Waals surface area contributed by atoms with E-state index >= 15 is 0 Å². The molecule has 2 rings (SSSR count). The topological polar surface area (TPSA) is 55.8 Å². The monoisotopic (exact) mass is 212 g/mol. The fourth-order valence-corrected chi connectivity index (χ4v) is 2.46. The molecule has 1 unspecified atom stereocenters. The summed E-state index contributed by atoms with van der Waals surface area (Å²) in [5, 5.41) is 9.81. The fraction of sp³-hybridized carbons (Fsp3) is 0.727. The number of carbonyl (C=O) groups excluding carboxylic acids is 1. The van der Waals surface area contributed by atoms with Crippen molar-refractivity contribution < 1.29 is 19.4 Å². The molecule has 1 aliphatic heterocycles. The van der Waals surface area contributed by atoms with E-state index in [4.69, 9.17) is 9.47 Å². The summed E-state index contributed by atoms with van der Waals surface area (Å²) in [6.45, 7) is 3.81. The number of allylic oxidation sites excluding steroid dienone is 1. The number of rotatable bonds is 1. The predicted molar refractivity (Wildman–Crippen MR) is 52.9 cm³/mol. The molecule has 15 heavy (non-hydrogen) atoms. The summed E-state index contributed by atoms with van der Waals surface area (Å²) in [5.74, 6) is -0.100. The van der Waals surface area contributed by atoms with Gasteiger partial charge in [-0.1, -0.05) is 19.1 Å². The van der Waals surface area contributed by atoms with Gasteiger partial charge in [0.05, 0.1) is 6.61 Å². The number of carbonyl (C=O) groups is 1. The minimum Gasteiger partial charge on any atom is -0.453 e. The molecule has 0 radical (unpaired) electrons. The van der Waals surface area contributed by atoms with Crippen LogP contribution in [0.4, 0.5) is 0 Å². The first-order chi connectivity index (χ1) is 7.04. The van der Waals surface area contributed by atoms with Crippen LogP contribution in [0.1, 0.15) is 20.3 Å². The van der Waals surface area contributed by atoms with E-state index in [9.17, 15) is 9.90 Å². The second kappa shape index (κ2) is 3.61. The number of aliphatic hydroxyl groups is 1. The SMILES string of the molecule is CC(=O)O[C@]12C[C@@H](C)C=C[C@H]1COC2O. The zero-order valence-corrected chi connectivity index (χ0v) is 8.97. The maximum Gasteiger partial charge on any atom is 0.303 e. The van der Waals surface area contributed by atoms with Gasteiger partial charge in [0.15, 0.2) is 11.9 Å². The van der Waals surface area contributed by atoms with Crippen molar-refractivity contribution in [3.05, 3.63) is 12.2 Å². The van der Waals surface area contributed by atoms with Crippen LogP contribution >= 0.6 is 0 Å². The van der Waals surface area contributed by atoms with Crippen molar-refractivity contribution >= 4 is 5.97 Å². The molecule has 0 bridgehead atoms. The van der Waals surface area contributed by atoms with Crippen LogP contribution < -0.4 is 0 Å². The molecule has 0 aromatic carbocycles. The van der Waals surface area contributed by atoms with Gasteiger partial charge in [0.1, 0.15) is 0 Å². The lowest BCUT2D eigenvalue weighted by Crippen LogP contribution is -2.49. The molecule has 1 fully saturated rings. The zero-order chi connectivity index (χ0) is 11.1. The molecule has 0 spiro atoms. The molecular formula is C11H16O4. The van der Waals surface area contributed by atoms with Crippen LogP contribution in [0.15, 0.2) is 12.2 Å². The normalized spacial score (nSPS) is 43.8. The van der Waals surface area contributed by atoms with Crippen LogP contribution in [0.3, 0.4) is 0 Å². The molecule has 84 valence electrons. The van der Waals surface area contributed by atoms with E-state index in [0.717, 1.165) is 0 Å². The standard InChI is InChI=1S/C11H16O4/c1-7-3-4-9-6-14-10(13)11(9,5-7)15-8(2)12/h3-4,7,9-10,13H,5-6H2,1-2H3/t7-,9-,10?,11+/m0/s1. The number of fused-ring (bicyclic) bond motifs is 1.